The van der Waals surface area contributed by atoms with E-state index in [9.17, 15) is 9.59 Å². The van der Waals surface area contributed by atoms with Gasteiger partial charge in [-0.15, -0.1) is 0 Å². The summed E-state index contributed by atoms with van der Waals surface area (Å²) in [6.07, 6.45) is 1.20. The lowest BCUT2D eigenvalue weighted by Gasteiger charge is -2.31. The zero-order valence-electron chi connectivity index (χ0n) is 12.1. The van der Waals surface area contributed by atoms with Crippen molar-refractivity contribution >= 4 is 12.1 Å². The van der Waals surface area contributed by atoms with Crippen molar-refractivity contribution in [2.75, 3.05) is 20.2 Å². The topological polar surface area (TPSA) is 81.9 Å². The molecule has 0 radical (unpaired) electrons. The predicted octanol–water partition coefficient (Wildman–Crippen LogP) is 1.13. The maximum absolute atomic E-state index is 12.1. The summed E-state index contributed by atoms with van der Waals surface area (Å²) in [5.41, 5.74) is 5.09. The van der Waals surface area contributed by atoms with Gasteiger partial charge in [-0.05, 0) is 33.6 Å². The van der Waals surface area contributed by atoms with Gasteiger partial charge in [0.05, 0.1) is 13.0 Å². The SMILES string of the molecule is COC(=O)C(CN)C1CCCN1C(=O)OC(C)(C)C. The lowest BCUT2D eigenvalue weighted by molar-refractivity contribution is -0.147. The molecule has 0 aliphatic carbocycles. The molecular formula is C13H24N2O4. The number of likely N-dealkylation sites (tertiary alicyclic amines) is 1. The first-order valence-corrected chi connectivity index (χ1v) is 6.57. The maximum Gasteiger partial charge on any atom is 0.410 e. The molecule has 0 aromatic heterocycles. The Morgan fingerprint density at radius 2 is 2.05 bits per heavy atom. The molecule has 0 aromatic carbocycles. The number of esters is 1. The van der Waals surface area contributed by atoms with Gasteiger partial charge in [-0.1, -0.05) is 0 Å². The van der Waals surface area contributed by atoms with Crippen molar-refractivity contribution < 1.29 is 19.1 Å². The Labute approximate surface area is 114 Å². The van der Waals surface area contributed by atoms with Gasteiger partial charge in [0.2, 0.25) is 0 Å². The molecular weight excluding hydrogens is 248 g/mol. The van der Waals surface area contributed by atoms with Crippen LogP contribution >= 0.6 is 0 Å². The van der Waals surface area contributed by atoms with E-state index in [1.165, 1.54) is 7.11 Å². The smallest absolute Gasteiger partial charge is 0.410 e. The Balaban J connectivity index is 2.78. The summed E-state index contributed by atoms with van der Waals surface area (Å²) in [6.45, 7) is 6.20. The molecule has 1 aliphatic heterocycles. The van der Waals surface area contributed by atoms with Crippen molar-refractivity contribution in [3.05, 3.63) is 0 Å². The highest BCUT2D eigenvalue weighted by atomic mass is 16.6. The molecule has 0 aromatic rings. The van der Waals surface area contributed by atoms with E-state index in [2.05, 4.69) is 0 Å². The second kappa shape index (κ2) is 6.23. The molecule has 6 heteroatoms. The van der Waals surface area contributed by atoms with E-state index in [1.54, 1.807) is 4.90 Å². The van der Waals surface area contributed by atoms with E-state index in [1.807, 2.05) is 20.8 Å². The van der Waals surface area contributed by atoms with E-state index in [0.29, 0.717) is 6.54 Å². The number of amides is 1. The number of hydrogen-bond acceptors (Lipinski definition) is 5. The van der Waals surface area contributed by atoms with Crippen LogP contribution in [0.3, 0.4) is 0 Å². The third-order valence-corrected chi connectivity index (χ3v) is 3.15. The van der Waals surface area contributed by atoms with Crippen LogP contribution in [0.2, 0.25) is 0 Å². The molecule has 2 N–H and O–H groups in total. The van der Waals surface area contributed by atoms with Crippen molar-refractivity contribution in [3.8, 4) is 0 Å². The van der Waals surface area contributed by atoms with E-state index >= 15 is 0 Å². The summed E-state index contributed by atoms with van der Waals surface area (Å²) in [4.78, 5) is 25.4. The summed E-state index contributed by atoms with van der Waals surface area (Å²) in [6, 6.07) is -0.229. The molecule has 2 atom stereocenters. The quantitative estimate of drug-likeness (QED) is 0.779. The molecule has 1 heterocycles. The molecule has 2 unspecified atom stereocenters. The number of ether oxygens (including phenoxy) is 2. The standard InChI is InChI=1S/C13H24N2O4/c1-13(2,3)19-12(17)15-7-5-6-10(15)9(8-14)11(16)18-4/h9-10H,5-8,14H2,1-4H3. The van der Waals surface area contributed by atoms with Crippen molar-refractivity contribution in [1.82, 2.24) is 4.90 Å². The zero-order valence-corrected chi connectivity index (χ0v) is 12.1. The van der Waals surface area contributed by atoms with Gasteiger partial charge < -0.3 is 20.1 Å². The van der Waals surface area contributed by atoms with Gasteiger partial charge in [-0.25, -0.2) is 4.79 Å². The number of rotatable bonds is 3. The van der Waals surface area contributed by atoms with Crippen LogP contribution in [0.1, 0.15) is 33.6 Å². The number of carbonyl (C=O) groups is 2. The Kier molecular flexibility index (Phi) is 5.17. The minimum atomic E-state index is -0.548. The fourth-order valence-electron chi connectivity index (χ4n) is 2.32. The summed E-state index contributed by atoms with van der Waals surface area (Å²) < 4.78 is 10.1. The first-order valence-electron chi connectivity index (χ1n) is 6.57. The molecule has 0 bridgehead atoms. The van der Waals surface area contributed by atoms with E-state index in [4.69, 9.17) is 15.2 Å². The summed E-state index contributed by atoms with van der Waals surface area (Å²) in [7, 11) is 1.33. The Morgan fingerprint density at radius 3 is 2.53 bits per heavy atom. The molecule has 0 spiro atoms. The average molecular weight is 272 g/mol. The molecule has 1 rings (SSSR count). The molecule has 1 fully saturated rings. The van der Waals surface area contributed by atoms with Crippen molar-refractivity contribution in [3.63, 3.8) is 0 Å². The van der Waals surface area contributed by atoms with E-state index in [-0.39, 0.29) is 18.6 Å². The van der Waals surface area contributed by atoms with Crippen LogP contribution in [0.25, 0.3) is 0 Å². The highest BCUT2D eigenvalue weighted by Gasteiger charge is 2.39. The number of hydrogen-bond donors (Lipinski definition) is 1. The van der Waals surface area contributed by atoms with Crippen LogP contribution in [0, 0.1) is 5.92 Å². The van der Waals surface area contributed by atoms with Gasteiger partial charge in [0.25, 0.3) is 0 Å². The first kappa shape index (κ1) is 15.8. The number of carbonyl (C=O) groups excluding carboxylic acids is 2. The second-order valence-electron chi connectivity index (χ2n) is 5.75. The minimum absolute atomic E-state index is 0.163. The van der Waals surface area contributed by atoms with Crippen LogP contribution in [-0.4, -0.2) is 48.8 Å². The van der Waals surface area contributed by atoms with Crippen molar-refractivity contribution in [1.29, 1.82) is 0 Å². The van der Waals surface area contributed by atoms with Crippen LogP contribution in [-0.2, 0) is 14.3 Å². The largest absolute Gasteiger partial charge is 0.469 e. The van der Waals surface area contributed by atoms with Gasteiger partial charge in [0.1, 0.15) is 5.60 Å². The maximum atomic E-state index is 12.1. The van der Waals surface area contributed by atoms with Gasteiger partial charge in [-0.3, -0.25) is 4.79 Å². The lowest BCUT2D eigenvalue weighted by Crippen LogP contribution is -2.47. The minimum Gasteiger partial charge on any atom is -0.469 e. The average Bonchev–Trinajstić information content (AvgIpc) is 2.76. The lowest BCUT2D eigenvalue weighted by atomic mass is 9.98. The van der Waals surface area contributed by atoms with Crippen LogP contribution in [0.5, 0.6) is 0 Å². The number of methoxy groups -OCH3 is 1. The Morgan fingerprint density at radius 1 is 1.42 bits per heavy atom. The molecule has 1 saturated heterocycles. The first-order chi connectivity index (χ1) is 8.80. The van der Waals surface area contributed by atoms with Crippen LogP contribution in [0.4, 0.5) is 4.79 Å². The molecule has 110 valence electrons. The second-order valence-corrected chi connectivity index (χ2v) is 5.75. The number of nitrogens with two attached hydrogens (primary N) is 1. The van der Waals surface area contributed by atoms with Gasteiger partial charge in [0, 0.05) is 19.1 Å². The Bertz CT molecular complexity index is 338. The summed E-state index contributed by atoms with van der Waals surface area (Å²) in [5, 5.41) is 0. The zero-order chi connectivity index (χ0) is 14.6. The molecule has 19 heavy (non-hydrogen) atoms. The normalized spacial score (nSPS) is 21.1. The fraction of sp³-hybridized carbons (Fsp3) is 0.846. The third-order valence-electron chi connectivity index (χ3n) is 3.15. The highest BCUT2D eigenvalue weighted by Crippen LogP contribution is 2.26. The number of nitrogens with zero attached hydrogens (tertiary/aromatic N) is 1. The monoisotopic (exact) mass is 272 g/mol. The van der Waals surface area contributed by atoms with Crippen LogP contribution in [0.15, 0.2) is 0 Å². The highest BCUT2D eigenvalue weighted by molar-refractivity contribution is 5.75. The third kappa shape index (κ3) is 4.09. The van der Waals surface area contributed by atoms with E-state index in [0.717, 1.165) is 12.8 Å². The molecule has 1 aliphatic rings. The van der Waals surface area contributed by atoms with Crippen molar-refractivity contribution in [2.45, 2.75) is 45.3 Å². The van der Waals surface area contributed by atoms with E-state index < -0.39 is 17.6 Å². The van der Waals surface area contributed by atoms with Gasteiger partial charge >= 0.3 is 12.1 Å². The van der Waals surface area contributed by atoms with Gasteiger partial charge in [0.15, 0.2) is 0 Å². The summed E-state index contributed by atoms with van der Waals surface area (Å²) in [5.74, 6) is -0.858. The summed E-state index contributed by atoms with van der Waals surface area (Å²) >= 11 is 0. The van der Waals surface area contributed by atoms with Crippen molar-refractivity contribution in [2.24, 2.45) is 11.7 Å². The predicted molar refractivity (Wildman–Crippen MR) is 70.5 cm³/mol. The Hall–Kier alpha value is -1.30. The molecule has 6 nitrogen and oxygen atoms in total. The molecule has 0 saturated carbocycles. The molecule has 1 amide bonds. The van der Waals surface area contributed by atoms with Crippen LogP contribution < -0.4 is 5.73 Å². The van der Waals surface area contributed by atoms with Gasteiger partial charge in [-0.2, -0.15) is 0 Å². The fourth-order valence-corrected chi connectivity index (χ4v) is 2.32.